The van der Waals surface area contributed by atoms with E-state index in [1.54, 1.807) is 18.9 Å². The van der Waals surface area contributed by atoms with Crippen molar-refractivity contribution in [1.82, 2.24) is 4.90 Å². The number of rotatable bonds is 5. The molecular formula is C18H26N2O2. The molecule has 2 rings (SSSR count). The minimum Gasteiger partial charge on any atom is -0.339 e. The standard InChI is InChI=1S/C18H26N2O2/c1-15(21)20(17-11-7-4-8-12-17)14-13-18(22)19(2)16-9-5-3-6-10-16/h3,5-6,9-10,17H,4,7-8,11-14H2,1-2H3. The summed E-state index contributed by atoms with van der Waals surface area (Å²) in [6.07, 6.45) is 6.16. The number of hydrogen-bond donors (Lipinski definition) is 0. The zero-order chi connectivity index (χ0) is 15.9. The van der Waals surface area contributed by atoms with E-state index in [9.17, 15) is 9.59 Å². The van der Waals surface area contributed by atoms with Crippen molar-refractivity contribution >= 4 is 17.5 Å². The van der Waals surface area contributed by atoms with E-state index in [0.29, 0.717) is 19.0 Å². The van der Waals surface area contributed by atoms with E-state index in [2.05, 4.69) is 0 Å². The van der Waals surface area contributed by atoms with Crippen LogP contribution in [0, 0.1) is 0 Å². The first-order valence-electron chi connectivity index (χ1n) is 8.18. The maximum Gasteiger partial charge on any atom is 0.228 e. The van der Waals surface area contributed by atoms with Crippen LogP contribution in [0.15, 0.2) is 30.3 Å². The molecule has 1 aromatic carbocycles. The van der Waals surface area contributed by atoms with Crippen LogP contribution >= 0.6 is 0 Å². The maximum atomic E-state index is 12.3. The van der Waals surface area contributed by atoms with Crippen LogP contribution in [-0.4, -0.2) is 36.3 Å². The molecule has 0 heterocycles. The Morgan fingerprint density at radius 2 is 1.73 bits per heavy atom. The Kier molecular flexibility index (Phi) is 5.99. The average Bonchev–Trinajstić information content (AvgIpc) is 2.55. The number of para-hydroxylation sites is 1. The number of benzene rings is 1. The highest BCUT2D eigenvalue weighted by Gasteiger charge is 2.24. The van der Waals surface area contributed by atoms with Crippen molar-refractivity contribution in [2.24, 2.45) is 0 Å². The molecule has 1 aromatic rings. The fourth-order valence-electron chi connectivity index (χ4n) is 3.17. The van der Waals surface area contributed by atoms with Gasteiger partial charge in [-0.1, -0.05) is 37.5 Å². The summed E-state index contributed by atoms with van der Waals surface area (Å²) < 4.78 is 0. The molecule has 0 atom stereocenters. The van der Waals surface area contributed by atoms with Gasteiger partial charge in [-0.15, -0.1) is 0 Å². The van der Waals surface area contributed by atoms with Gasteiger partial charge in [0.25, 0.3) is 0 Å². The summed E-state index contributed by atoms with van der Waals surface area (Å²) in [6.45, 7) is 2.13. The summed E-state index contributed by atoms with van der Waals surface area (Å²) in [5.74, 6) is 0.135. The summed E-state index contributed by atoms with van der Waals surface area (Å²) in [5.41, 5.74) is 0.888. The molecule has 0 aliphatic heterocycles. The number of anilines is 1. The molecule has 1 aliphatic carbocycles. The molecule has 1 aliphatic rings. The Labute approximate surface area is 133 Å². The van der Waals surface area contributed by atoms with Gasteiger partial charge in [-0.3, -0.25) is 9.59 Å². The summed E-state index contributed by atoms with van der Waals surface area (Å²) in [7, 11) is 1.79. The van der Waals surface area contributed by atoms with Gasteiger partial charge in [-0.25, -0.2) is 0 Å². The lowest BCUT2D eigenvalue weighted by Gasteiger charge is -2.34. The van der Waals surface area contributed by atoms with Gasteiger partial charge >= 0.3 is 0 Å². The second-order valence-electron chi connectivity index (χ2n) is 6.04. The Bertz CT molecular complexity index is 495. The largest absolute Gasteiger partial charge is 0.339 e. The van der Waals surface area contributed by atoms with Gasteiger partial charge in [0, 0.05) is 38.7 Å². The first kappa shape index (κ1) is 16.5. The molecule has 0 N–H and O–H groups in total. The van der Waals surface area contributed by atoms with Crippen LogP contribution in [0.5, 0.6) is 0 Å². The molecule has 0 saturated heterocycles. The van der Waals surface area contributed by atoms with E-state index in [-0.39, 0.29) is 11.8 Å². The highest BCUT2D eigenvalue weighted by Crippen LogP contribution is 2.23. The number of carbonyl (C=O) groups is 2. The summed E-state index contributed by atoms with van der Waals surface area (Å²) >= 11 is 0. The maximum absolute atomic E-state index is 12.3. The van der Waals surface area contributed by atoms with Crippen molar-refractivity contribution in [3.8, 4) is 0 Å². The first-order chi connectivity index (χ1) is 10.6. The highest BCUT2D eigenvalue weighted by molar-refractivity contribution is 5.93. The SMILES string of the molecule is CC(=O)N(CCC(=O)N(C)c1ccccc1)C1CCCCC1. The van der Waals surface area contributed by atoms with Crippen LogP contribution in [0.25, 0.3) is 0 Å². The van der Waals surface area contributed by atoms with E-state index in [1.807, 2.05) is 35.2 Å². The van der Waals surface area contributed by atoms with Gasteiger partial charge in [-0.2, -0.15) is 0 Å². The molecule has 0 spiro atoms. The Hall–Kier alpha value is -1.84. The summed E-state index contributed by atoms with van der Waals surface area (Å²) in [4.78, 5) is 27.8. The molecule has 0 radical (unpaired) electrons. The van der Waals surface area contributed by atoms with Gasteiger partial charge < -0.3 is 9.80 Å². The molecule has 4 nitrogen and oxygen atoms in total. The number of nitrogens with zero attached hydrogens (tertiary/aromatic N) is 2. The fourth-order valence-corrected chi connectivity index (χ4v) is 3.17. The quantitative estimate of drug-likeness (QED) is 0.838. The fraction of sp³-hybridized carbons (Fsp3) is 0.556. The average molecular weight is 302 g/mol. The summed E-state index contributed by atoms with van der Waals surface area (Å²) in [6, 6.07) is 9.93. The predicted molar refractivity (Wildman–Crippen MR) is 88.7 cm³/mol. The molecule has 120 valence electrons. The molecule has 2 amide bonds. The molecule has 0 bridgehead atoms. The number of hydrogen-bond acceptors (Lipinski definition) is 2. The zero-order valence-corrected chi connectivity index (χ0v) is 13.6. The molecule has 4 heteroatoms. The predicted octanol–water partition coefficient (Wildman–Crippen LogP) is 3.22. The highest BCUT2D eigenvalue weighted by atomic mass is 16.2. The third-order valence-electron chi connectivity index (χ3n) is 4.50. The van der Waals surface area contributed by atoms with E-state index in [0.717, 1.165) is 18.5 Å². The van der Waals surface area contributed by atoms with Gasteiger partial charge in [0.1, 0.15) is 0 Å². The van der Waals surface area contributed by atoms with E-state index in [1.165, 1.54) is 19.3 Å². The Balaban J connectivity index is 1.91. The van der Waals surface area contributed by atoms with Crippen molar-refractivity contribution in [2.45, 2.75) is 51.5 Å². The van der Waals surface area contributed by atoms with Gasteiger partial charge in [0.05, 0.1) is 0 Å². The minimum atomic E-state index is 0.0493. The summed E-state index contributed by atoms with van der Waals surface area (Å²) in [5, 5.41) is 0. The van der Waals surface area contributed by atoms with E-state index in [4.69, 9.17) is 0 Å². The number of amides is 2. The second kappa shape index (κ2) is 7.97. The lowest BCUT2D eigenvalue weighted by Crippen LogP contribution is -2.42. The molecule has 1 fully saturated rings. The third kappa shape index (κ3) is 4.33. The van der Waals surface area contributed by atoms with Crippen molar-refractivity contribution in [3.05, 3.63) is 30.3 Å². The van der Waals surface area contributed by atoms with Crippen molar-refractivity contribution in [1.29, 1.82) is 0 Å². The minimum absolute atomic E-state index is 0.0493. The van der Waals surface area contributed by atoms with Crippen molar-refractivity contribution in [2.75, 3.05) is 18.5 Å². The molecule has 22 heavy (non-hydrogen) atoms. The zero-order valence-electron chi connectivity index (χ0n) is 13.6. The van der Waals surface area contributed by atoms with E-state index >= 15 is 0 Å². The lowest BCUT2D eigenvalue weighted by molar-refractivity contribution is -0.132. The van der Waals surface area contributed by atoms with E-state index < -0.39 is 0 Å². The molecule has 1 saturated carbocycles. The second-order valence-corrected chi connectivity index (χ2v) is 6.04. The molecular weight excluding hydrogens is 276 g/mol. The Morgan fingerprint density at radius 3 is 2.32 bits per heavy atom. The van der Waals surface area contributed by atoms with Crippen LogP contribution in [0.2, 0.25) is 0 Å². The molecule has 0 unspecified atom stereocenters. The lowest BCUT2D eigenvalue weighted by atomic mass is 9.94. The van der Waals surface area contributed by atoms with Crippen LogP contribution in [0.1, 0.15) is 45.4 Å². The smallest absolute Gasteiger partial charge is 0.228 e. The number of carbonyl (C=O) groups excluding carboxylic acids is 2. The third-order valence-corrected chi connectivity index (χ3v) is 4.50. The van der Waals surface area contributed by atoms with Crippen LogP contribution in [0.3, 0.4) is 0 Å². The van der Waals surface area contributed by atoms with Crippen LogP contribution in [0.4, 0.5) is 5.69 Å². The van der Waals surface area contributed by atoms with Crippen LogP contribution in [-0.2, 0) is 9.59 Å². The van der Waals surface area contributed by atoms with Gasteiger partial charge in [-0.05, 0) is 25.0 Å². The first-order valence-corrected chi connectivity index (χ1v) is 8.18. The molecule has 0 aromatic heterocycles. The van der Waals surface area contributed by atoms with Gasteiger partial charge in [0.15, 0.2) is 0 Å². The monoisotopic (exact) mass is 302 g/mol. The van der Waals surface area contributed by atoms with Crippen molar-refractivity contribution < 1.29 is 9.59 Å². The van der Waals surface area contributed by atoms with Crippen LogP contribution < -0.4 is 4.90 Å². The normalized spacial score (nSPS) is 15.4. The topological polar surface area (TPSA) is 40.6 Å². The van der Waals surface area contributed by atoms with Crippen molar-refractivity contribution in [3.63, 3.8) is 0 Å². The Morgan fingerprint density at radius 1 is 1.09 bits per heavy atom. The van der Waals surface area contributed by atoms with Gasteiger partial charge in [0.2, 0.25) is 11.8 Å².